The van der Waals surface area contributed by atoms with Crippen LogP contribution in [0.3, 0.4) is 0 Å². The summed E-state index contributed by atoms with van der Waals surface area (Å²) in [4.78, 5) is 24.5. The summed E-state index contributed by atoms with van der Waals surface area (Å²) in [6, 6.07) is 12.7. The Morgan fingerprint density at radius 2 is 1.88 bits per heavy atom. The van der Waals surface area contributed by atoms with Crippen molar-refractivity contribution in [1.29, 1.82) is 0 Å². The molecule has 1 atom stereocenters. The topological polar surface area (TPSA) is 64.6 Å². The smallest absolute Gasteiger partial charge is 0.338 e. The maximum atomic E-state index is 12.3. The molecule has 0 saturated heterocycles. The molecule has 0 spiro atoms. The van der Waals surface area contributed by atoms with Gasteiger partial charge in [-0.15, -0.1) is 0 Å². The van der Waals surface area contributed by atoms with Crippen molar-refractivity contribution in [3.8, 4) is 0 Å². The van der Waals surface area contributed by atoms with E-state index in [0.717, 1.165) is 16.7 Å². The Hall–Kier alpha value is -2.66. The number of benzene rings is 2. The number of hydrogen-bond acceptors (Lipinski definition) is 4. The van der Waals surface area contributed by atoms with Crippen LogP contribution in [0.15, 0.2) is 42.5 Å². The van der Waals surface area contributed by atoms with Crippen LogP contribution in [0.4, 0.5) is 5.69 Å². The third kappa shape index (κ3) is 5.16. The highest BCUT2D eigenvalue weighted by Gasteiger charge is 2.19. The summed E-state index contributed by atoms with van der Waals surface area (Å²) in [6.07, 6.45) is -0.903. The number of rotatable bonds is 6. The normalized spacial score (nSPS) is 11.7. The van der Waals surface area contributed by atoms with E-state index in [4.69, 9.17) is 9.47 Å². The molecule has 5 nitrogen and oxygen atoms in total. The fraction of sp³-hybridized carbons (Fsp3) is 0.300. The van der Waals surface area contributed by atoms with Crippen molar-refractivity contribution in [3.05, 3.63) is 64.7 Å². The van der Waals surface area contributed by atoms with Crippen LogP contribution in [0.25, 0.3) is 0 Å². The second kappa shape index (κ2) is 8.44. The fourth-order valence-electron chi connectivity index (χ4n) is 2.43. The highest BCUT2D eigenvalue weighted by Crippen LogP contribution is 2.17. The molecular weight excluding hydrogens is 318 g/mol. The molecule has 0 aliphatic carbocycles. The number of esters is 1. The monoisotopic (exact) mass is 341 g/mol. The molecular formula is C20H23NO4. The standard InChI is InChI=1S/C20H23NO4/c1-13-8-9-18(14(2)10-13)21-19(22)15(3)25-20(23)17-7-5-6-16(11-17)12-24-4/h5-11,15H,12H2,1-4H3,(H,21,22)/t15-/m0/s1. The van der Waals surface area contributed by atoms with Crippen LogP contribution in [0.1, 0.15) is 34.0 Å². The van der Waals surface area contributed by atoms with Crippen molar-refractivity contribution in [2.75, 3.05) is 12.4 Å². The quantitative estimate of drug-likeness (QED) is 0.815. The van der Waals surface area contributed by atoms with E-state index in [9.17, 15) is 9.59 Å². The SMILES string of the molecule is COCc1cccc(C(=O)O[C@@H](C)C(=O)Nc2ccc(C)cc2C)c1. The van der Waals surface area contributed by atoms with E-state index in [0.29, 0.717) is 17.9 Å². The Morgan fingerprint density at radius 1 is 1.12 bits per heavy atom. The zero-order valence-electron chi connectivity index (χ0n) is 15.0. The highest BCUT2D eigenvalue weighted by atomic mass is 16.5. The molecule has 5 heteroatoms. The first-order chi connectivity index (χ1) is 11.9. The van der Waals surface area contributed by atoms with Crippen LogP contribution in [0.5, 0.6) is 0 Å². The first kappa shape index (κ1) is 18.7. The van der Waals surface area contributed by atoms with Gasteiger partial charge in [0.2, 0.25) is 0 Å². The van der Waals surface area contributed by atoms with E-state index in [1.807, 2.05) is 38.1 Å². The lowest BCUT2D eigenvalue weighted by atomic mass is 10.1. The molecule has 0 fully saturated rings. The third-order valence-electron chi connectivity index (χ3n) is 3.77. The van der Waals surface area contributed by atoms with Crippen LogP contribution >= 0.6 is 0 Å². The lowest BCUT2D eigenvalue weighted by Gasteiger charge is -2.15. The average Bonchev–Trinajstić information content (AvgIpc) is 2.57. The lowest BCUT2D eigenvalue weighted by molar-refractivity contribution is -0.123. The molecule has 0 saturated carbocycles. The maximum absolute atomic E-state index is 12.3. The molecule has 0 aliphatic rings. The largest absolute Gasteiger partial charge is 0.449 e. The van der Waals surface area contributed by atoms with Gasteiger partial charge in [-0.3, -0.25) is 4.79 Å². The number of hydrogen-bond donors (Lipinski definition) is 1. The van der Waals surface area contributed by atoms with E-state index in [1.54, 1.807) is 32.2 Å². The van der Waals surface area contributed by atoms with Gasteiger partial charge in [-0.25, -0.2) is 4.79 Å². The van der Waals surface area contributed by atoms with Gasteiger partial charge in [0.1, 0.15) is 0 Å². The van der Waals surface area contributed by atoms with Gasteiger partial charge in [0.05, 0.1) is 12.2 Å². The Morgan fingerprint density at radius 3 is 2.56 bits per heavy atom. The molecule has 0 radical (unpaired) electrons. The Kier molecular flexibility index (Phi) is 6.31. The first-order valence-electron chi connectivity index (χ1n) is 8.07. The number of anilines is 1. The number of nitrogens with one attached hydrogen (secondary N) is 1. The number of carbonyl (C=O) groups is 2. The van der Waals surface area contributed by atoms with E-state index in [2.05, 4.69) is 5.32 Å². The van der Waals surface area contributed by atoms with Crippen LogP contribution in [-0.2, 0) is 20.9 Å². The number of aryl methyl sites for hydroxylation is 2. The van der Waals surface area contributed by atoms with Crippen molar-refractivity contribution in [3.63, 3.8) is 0 Å². The second-order valence-corrected chi connectivity index (χ2v) is 5.99. The van der Waals surface area contributed by atoms with E-state index in [-0.39, 0.29) is 5.91 Å². The zero-order chi connectivity index (χ0) is 18.4. The molecule has 0 aliphatic heterocycles. The highest BCUT2D eigenvalue weighted by molar-refractivity contribution is 5.97. The molecule has 0 unspecified atom stereocenters. The van der Waals surface area contributed by atoms with E-state index < -0.39 is 12.1 Å². The van der Waals surface area contributed by atoms with Crippen LogP contribution < -0.4 is 5.32 Å². The van der Waals surface area contributed by atoms with Gasteiger partial charge in [-0.2, -0.15) is 0 Å². The summed E-state index contributed by atoms with van der Waals surface area (Å²) in [5.41, 5.74) is 4.04. The zero-order valence-corrected chi connectivity index (χ0v) is 15.0. The summed E-state index contributed by atoms with van der Waals surface area (Å²) < 4.78 is 10.3. The van der Waals surface area contributed by atoms with Gasteiger partial charge < -0.3 is 14.8 Å². The number of ether oxygens (including phenoxy) is 2. The molecule has 25 heavy (non-hydrogen) atoms. The van der Waals surface area contributed by atoms with E-state index >= 15 is 0 Å². The molecule has 1 amide bonds. The summed E-state index contributed by atoms with van der Waals surface area (Å²) in [7, 11) is 1.59. The van der Waals surface area contributed by atoms with Crippen LogP contribution in [0, 0.1) is 13.8 Å². The van der Waals surface area contributed by atoms with Crippen molar-refractivity contribution < 1.29 is 19.1 Å². The maximum Gasteiger partial charge on any atom is 0.338 e. The molecule has 2 rings (SSSR count). The molecule has 0 heterocycles. The van der Waals surface area contributed by atoms with Crippen molar-refractivity contribution in [2.45, 2.75) is 33.5 Å². The molecule has 132 valence electrons. The second-order valence-electron chi connectivity index (χ2n) is 5.99. The minimum atomic E-state index is -0.903. The predicted molar refractivity (Wildman–Crippen MR) is 96.6 cm³/mol. The summed E-state index contributed by atoms with van der Waals surface area (Å²) in [6.45, 7) is 5.86. The third-order valence-corrected chi connectivity index (χ3v) is 3.77. The van der Waals surface area contributed by atoms with Gasteiger partial charge in [0.15, 0.2) is 6.10 Å². The lowest BCUT2D eigenvalue weighted by Crippen LogP contribution is -2.30. The first-order valence-corrected chi connectivity index (χ1v) is 8.07. The number of carbonyl (C=O) groups excluding carboxylic acids is 2. The summed E-state index contributed by atoms with van der Waals surface area (Å²) in [5, 5.41) is 2.79. The van der Waals surface area contributed by atoms with Crippen molar-refractivity contribution in [2.24, 2.45) is 0 Å². The van der Waals surface area contributed by atoms with Crippen LogP contribution in [0.2, 0.25) is 0 Å². The summed E-state index contributed by atoms with van der Waals surface area (Å²) in [5.74, 6) is -0.908. The minimum Gasteiger partial charge on any atom is -0.449 e. The number of methoxy groups -OCH3 is 1. The Bertz CT molecular complexity index is 770. The van der Waals surface area contributed by atoms with Gasteiger partial charge in [-0.05, 0) is 50.1 Å². The van der Waals surface area contributed by atoms with Crippen molar-refractivity contribution >= 4 is 17.6 Å². The average molecular weight is 341 g/mol. The molecule has 2 aromatic carbocycles. The predicted octanol–water partition coefficient (Wildman–Crippen LogP) is 3.63. The van der Waals surface area contributed by atoms with Gasteiger partial charge in [-0.1, -0.05) is 29.8 Å². The Labute approximate surface area is 148 Å². The molecule has 1 N–H and O–H groups in total. The minimum absolute atomic E-state index is 0.367. The molecule has 2 aromatic rings. The summed E-state index contributed by atoms with van der Waals surface area (Å²) >= 11 is 0. The molecule has 0 bridgehead atoms. The fourth-order valence-corrected chi connectivity index (χ4v) is 2.43. The van der Waals surface area contributed by atoms with Gasteiger partial charge in [0.25, 0.3) is 5.91 Å². The van der Waals surface area contributed by atoms with Crippen molar-refractivity contribution in [1.82, 2.24) is 0 Å². The molecule has 0 aromatic heterocycles. The van der Waals surface area contributed by atoms with Gasteiger partial charge in [0, 0.05) is 12.8 Å². The van der Waals surface area contributed by atoms with Crippen LogP contribution in [-0.4, -0.2) is 25.1 Å². The van der Waals surface area contributed by atoms with Gasteiger partial charge >= 0.3 is 5.97 Å². The Balaban J connectivity index is 2.00. The van der Waals surface area contributed by atoms with E-state index in [1.165, 1.54) is 0 Å². The number of amides is 1.